The Bertz CT molecular complexity index is 521. The molecule has 18 heavy (non-hydrogen) atoms. The van der Waals surface area contributed by atoms with Gasteiger partial charge in [0.25, 0.3) is 0 Å². The Hall–Kier alpha value is -2.05. The first-order chi connectivity index (χ1) is 8.77. The van der Waals surface area contributed by atoms with Crippen LogP contribution in [0.15, 0.2) is 36.7 Å². The van der Waals surface area contributed by atoms with Crippen LogP contribution >= 0.6 is 0 Å². The highest BCUT2D eigenvalue weighted by molar-refractivity contribution is 5.35. The van der Waals surface area contributed by atoms with Crippen LogP contribution in [0.4, 0.5) is 4.39 Å². The number of aromatic nitrogens is 2. The van der Waals surface area contributed by atoms with Crippen LogP contribution in [0.25, 0.3) is 0 Å². The molecule has 1 aromatic carbocycles. The average molecular weight is 248 g/mol. The number of hydrogen-bond acceptors (Lipinski definition) is 5. The molecule has 0 spiro atoms. The third-order valence-electron chi connectivity index (χ3n) is 2.53. The molecule has 6 heteroatoms. The minimum absolute atomic E-state index is 0.156. The zero-order valence-electron chi connectivity index (χ0n) is 9.80. The normalized spacial score (nSPS) is 12.2. The lowest BCUT2D eigenvalue weighted by Gasteiger charge is -2.16. The summed E-state index contributed by atoms with van der Waals surface area (Å²) >= 11 is 0. The number of hydrogen-bond donors (Lipinski definition) is 2. The van der Waals surface area contributed by atoms with Crippen LogP contribution in [0.3, 0.4) is 0 Å². The van der Waals surface area contributed by atoms with Crippen LogP contribution < -0.4 is 16.0 Å². The minimum atomic E-state index is -0.624. The number of nitrogens with zero attached hydrogens (tertiary/aromatic N) is 2. The summed E-state index contributed by atoms with van der Waals surface area (Å²) in [5.74, 6) is 5.53. The molecule has 1 atom stereocenters. The van der Waals surface area contributed by atoms with Gasteiger partial charge in [0, 0.05) is 18.0 Å². The van der Waals surface area contributed by atoms with Crippen LogP contribution in [-0.4, -0.2) is 17.1 Å². The topological polar surface area (TPSA) is 73.1 Å². The van der Waals surface area contributed by atoms with E-state index in [1.807, 2.05) is 0 Å². The summed E-state index contributed by atoms with van der Waals surface area (Å²) in [6, 6.07) is 5.89. The van der Waals surface area contributed by atoms with Crippen molar-refractivity contribution in [1.82, 2.24) is 15.4 Å². The van der Waals surface area contributed by atoms with Crippen molar-refractivity contribution in [2.75, 3.05) is 7.11 Å². The minimum Gasteiger partial charge on any atom is -0.494 e. The first-order valence-corrected chi connectivity index (χ1v) is 5.33. The van der Waals surface area contributed by atoms with Gasteiger partial charge in [-0.05, 0) is 12.1 Å². The summed E-state index contributed by atoms with van der Waals surface area (Å²) in [5, 5.41) is 0. The largest absolute Gasteiger partial charge is 0.494 e. The van der Waals surface area contributed by atoms with E-state index in [1.54, 1.807) is 30.6 Å². The molecule has 0 aliphatic carbocycles. The fraction of sp³-hybridized carbons (Fsp3) is 0.167. The summed E-state index contributed by atoms with van der Waals surface area (Å²) in [6.45, 7) is 0. The molecule has 1 unspecified atom stereocenters. The Kier molecular flexibility index (Phi) is 3.81. The number of hydrazine groups is 1. The maximum Gasteiger partial charge on any atom is 0.170 e. The van der Waals surface area contributed by atoms with E-state index in [2.05, 4.69) is 15.4 Å². The molecule has 2 rings (SSSR count). The second-order valence-corrected chi connectivity index (χ2v) is 3.57. The van der Waals surface area contributed by atoms with E-state index < -0.39 is 11.9 Å². The van der Waals surface area contributed by atoms with Gasteiger partial charge in [0.2, 0.25) is 0 Å². The van der Waals surface area contributed by atoms with Crippen LogP contribution in [-0.2, 0) is 0 Å². The predicted octanol–water partition coefficient (Wildman–Crippen LogP) is 1.18. The number of methoxy groups -OCH3 is 1. The SMILES string of the molecule is COc1cccc(C(NN)c2ncccn2)c1F. The number of rotatable bonds is 4. The van der Waals surface area contributed by atoms with Crippen molar-refractivity contribution in [2.45, 2.75) is 6.04 Å². The first-order valence-electron chi connectivity index (χ1n) is 5.33. The molecule has 0 aliphatic heterocycles. The lowest BCUT2D eigenvalue weighted by molar-refractivity contribution is 0.381. The second kappa shape index (κ2) is 5.52. The number of benzene rings is 1. The van der Waals surface area contributed by atoms with Gasteiger partial charge >= 0.3 is 0 Å². The van der Waals surface area contributed by atoms with Gasteiger partial charge in [-0.15, -0.1) is 0 Å². The van der Waals surface area contributed by atoms with E-state index in [0.29, 0.717) is 11.4 Å². The van der Waals surface area contributed by atoms with Gasteiger partial charge < -0.3 is 4.74 Å². The summed E-state index contributed by atoms with van der Waals surface area (Å²) in [7, 11) is 1.41. The molecule has 0 bridgehead atoms. The smallest absolute Gasteiger partial charge is 0.170 e. The summed E-state index contributed by atoms with van der Waals surface area (Å²) in [5.41, 5.74) is 2.84. The summed E-state index contributed by atoms with van der Waals surface area (Å²) in [6.07, 6.45) is 3.15. The highest BCUT2D eigenvalue weighted by atomic mass is 19.1. The quantitative estimate of drug-likeness (QED) is 0.628. The van der Waals surface area contributed by atoms with Gasteiger partial charge in [-0.3, -0.25) is 5.84 Å². The van der Waals surface area contributed by atoms with E-state index in [9.17, 15) is 4.39 Å². The predicted molar refractivity (Wildman–Crippen MR) is 64.2 cm³/mol. The van der Waals surface area contributed by atoms with Crippen molar-refractivity contribution in [3.63, 3.8) is 0 Å². The van der Waals surface area contributed by atoms with Gasteiger partial charge in [0.05, 0.1) is 7.11 Å². The van der Waals surface area contributed by atoms with Crippen LogP contribution in [0.1, 0.15) is 17.4 Å². The molecular formula is C12H13FN4O. The summed E-state index contributed by atoms with van der Waals surface area (Å²) in [4.78, 5) is 8.12. The second-order valence-electron chi connectivity index (χ2n) is 3.57. The Morgan fingerprint density at radius 3 is 2.61 bits per heavy atom. The van der Waals surface area contributed by atoms with Crippen molar-refractivity contribution < 1.29 is 9.13 Å². The van der Waals surface area contributed by atoms with Gasteiger partial charge in [-0.25, -0.2) is 19.8 Å². The van der Waals surface area contributed by atoms with Gasteiger partial charge in [-0.2, -0.15) is 0 Å². The Morgan fingerprint density at radius 1 is 1.28 bits per heavy atom. The third-order valence-corrected chi connectivity index (χ3v) is 2.53. The maximum atomic E-state index is 14.1. The van der Waals surface area contributed by atoms with Crippen molar-refractivity contribution in [3.8, 4) is 5.75 Å². The molecule has 0 aliphatic rings. The molecule has 0 radical (unpaired) electrons. The molecule has 0 amide bonds. The van der Waals surface area contributed by atoms with Gasteiger partial charge in [0.1, 0.15) is 6.04 Å². The lowest BCUT2D eigenvalue weighted by atomic mass is 10.1. The maximum absolute atomic E-state index is 14.1. The highest BCUT2D eigenvalue weighted by Crippen LogP contribution is 2.26. The first kappa shape index (κ1) is 12.4. The molecule has 1 heterocycles. The molecule has 94 valence electrons. The van der Waals surface area contributed by atoms with Crippen molar-refractivity contribution >= 4 is 0 Å². The number of halogens is 1. The Labute approximate surface area is 104 Å². The Morgan fingerprint density at radius 2 is 2.00 bits per heavy atom. The van der Waals surface area contributed by atoms with Crippen molar-refractivity contribution in [1.29, 1.82) is 0 Å². The van der Waals surface area contributed by atoms with E-state index in [4.69, 9.17) is 10.6 Å². The number of ether oxygens (including phenoxy) is 1. The van der Waals surface area contributed by atoms with E-state index in [0.717, 1.165) is 0 Å². The van der Waals surface area contributed by atoms with Gasteiger partial charge in [-0.1, -0.05) is 12.1 Å². The monoisotopic (exact) mass is 248 g/mol. The fourth-order valence-corrected chi connectivity index (χ4v) is 1.67. The van der Waals surface area contributed by atoms with E-state index in [1.165, 1.54) is 13.2 Å². The molecular weight excluding hydrogens is 235 g/mol. The fourth-order valence-electron chi connectivity index (χ4n) is 1.67. The van der Waals surface area contributed by atoms with E-state index >= 15 is 0 Å². The standard InChI is InChI=1S/C12H13FN4O/c1-18-9-5-2-4-8(10(9)13)11(17-14)12-15-6-3-7-16-12/h2-7,11,17H,14H2,1H3. The average Bonchev–Trinajstić information content (AvgIpc) is 2.43. The van der Waals surface area contributed by atoms with Crippen LogP contribution in [0.2, 0.25) is 0 Å². The van der Waals surface area contributed by atoms with Crippen LogP contribution in [0, 0.1) is 5.82 Å². The third kappa shape index (κ3) is 2.29. The number of nitrogens with two attached hydrogens (primary N) is 1. The molecule has 0 fully saturated rings. The molecule has 2 aromatic rings. The van der Waals surface area contributed by atoms with Crippen LogP contribution in [0.5, 0.6) is 5.75 Å². The van der Waals surface area contributed by atoms with Gasteiger partial charge in [0.15, 0.2) is 17.4 Å². The zero-order chi connectivity index (χ0) is 13.0. The molecule has 3 N–H and O–H groups in total. The van der Waals surface area contributed by atoms with Crippen molar-refractivity contribution in [2.24, 2.45) is 5.84 Å². The number of nitrogens with one attached hydrogen (secondary N) is 1. The molecule has 0 saturated carbocycles. The summed E-state index contributed by atoms with van der Waals surface area (Å²) < 4.78 is 19.1. The molecule has 5 nitrogen and oxygen atoms in total. The molecule has 0 saturated heterocycles. The lowest BCUT2D eigenvalue weighted by Crippen LogP contribution is -2.31. The van der Waals surface area contributed by atoms with E-state index in [-0.39, 0.29) is 5.75 Å². The Balaban J connectivity index is 2.46. The zero-order valence-corrected chi connectivity index (χ0v) is 9.80. The highest BCUT2D eigenvalue weighted by Gasteiger charge is 2.20. The van der Waals surface area contributed by atoms with Crippen molar-refractivity contribution in [3.05, 3.63) is 53.9 Å². The molecule has 1 aromatic heterocycles.